The van der Waals surface area contributed by atoms with E-state index in [1.165, 1.54) is 0 Å². The SMILES string of the molecule is O=C1c2ccccc2C(=O)c2c1cc1ccccc1c2N1CCOCC1. The van der Waals surface area contributed by atoms with Crippen molar-refractivity contribution in [3.05, 3.63) is 76.9 Å². The molecule has 0 N–H and O–H groups in total. The van der Waals surface area contributed by atoms with Crippen molar-refractivity contribution >= 4 is 28.0 Å². The number of rotatable bonds is 1. The molecule has 0 radical (unpaired) electrons. The molecular formula is C22H17NO3. The Labute approximate surface area is 151 Å². The van der Waals surface area contributed by atoms with Crippen LogP contribution in [0.2, 0.25) is 0 Å². The van der Waals surface area contributed by atoms with E-state index in [4.69, 9.17) is 4.74 Å². The van der Waals surface area contributed by atoms with E-state index in [0.29, 0.717) is 48.6 Å². The number of morpholine rings is 1. The lowest BCUT2D eigenvalue weighted by atomic mass is 9.81. The molecule has 4 heteroatoms. The summed E-state index contributed by atoms with van der Waals surface area (Å²) >= 11 is 0. The Balaban J connectivity index is 1.85. The zero-order chi connectivity index (χ0) is 17.7. The number of nitrogens with zero attached hydrogens (tertiary/aromatic N) is 1. The zero-order valence-corrected chi connectivity index (χ0v) is 14.2. The fraction of sp³-hybridized carbons (Fsp3) is 0.182. The molecule has 0 bridgehead atoms. The third-order valence-corrected chi connectivity index (χ3v) is 5.24. The molecule has 0 amide bonds. The van der Waals surface area contributed by atoms with Crippen molar-refractivity contribution in [2.75, 3.05) is 31.2 Å². The number of hydrogen-bond donors (Lipinski definition) is 0. The molecule has 4 nitrogen and oxygen atoms in total. The summed E-state index contributed by atoms with van der Waals surface area (Å²) in [5, 5.41) is 1.99. The molecule has 1 saturated heterocycles. The van der Waals surface area contributed by atoms with Gasteiger partial charge in [-0.2, -0.15) is 0 Å². The zero-order valence-electron chi connectivity index (χ0n) is 14.2. The average Bonchev–Trinajstić information content (AvgIpc) is 2.71. The van der Waals surface area contributed by atoms with Crippen LogP contribution in [-0.2, 0) is 4.74 Å². The highest BCUT2D eigenvalue weighted by atomic mass is 16.5. The van der Waals surface area contributed by atoms with Gasteiger partial charge in [0.25, 0.3) is 0 Å². The first-order valence-electron chi connectivity index (χ1n) is 8.82. The number of hydrogen-bond acceptors (Lipinski definition) is 4. The van der Waals surface area contributed by atoms with E-state index in [1.54, 1.807) is 18.2 Å². The highest BCUT2D eigenvalue weighted by Crippen LogP contribution is 2.39. The third-order valence-electron chi connectivity index (χ3n) is 5.24. The lowest BCUT2D eigenvalue weighted by Gasteiger charge is -2.33. The van der Waals surface area contributed by atoms with E-state index in [0.717, 1.165) is 16.5 Å². The molecule has 2 aliphatic rings. The smallest absolute Gasteiger partial charge is 0.196 e. The maximum Gasteiger partial charge on any atom is 0.196 e. The minimum atomic E-state index is -0.0736. The monoisotopic (exact) mass is 343 g/mol. The molecule has 1 aliphatic heterocycles. The van der Waals surface area contributed by atoms with E-state index < -0.39 is 0 Å². The van der Waals surface area contributed by atoms with Crippen molar-refractivity contribution in [2.24, 2.45) is 0 Å². The number of anilines is 1. The first-order valence-corrected chi connectivity index (χ1v) is 8.82. The molecule has 5 rings (SSSR count). The van der Waals surface area contributed by atoms with Crippen molar-refractivity contribution in [1.29, 1.82) is 0 Å². The average molecular weight is 343 g/mol. The second-order valence-electron chi connectivity index (χ2n) is 6.67. The summed E-state index contributed by atoms with van der Waals surface area (Å²) in [6.45, 7) is 2.67. The minimum absolute atomic E-state index is 0.0672. The van der Waals surface area contributed by atoms with Crippen molar-refractivity contribution < 1.29 is 14.3 Å². The first-order chi connectivity index (χ1) is 12.8. The Hall–Kier alpha value is -2.98. The van der Waals surface area contributed by atoms with Gasteiger partial charge in [0.15, 0.2) is 11.6 Å². The summed E-state index contributed by atoms with van der Waals surface area (Å²) in [6.07, 6.45) is 0. The number of benzene rings is 3. The molecular weight excluding hydrogens is 326 g/mol. The van der Waals surface area contributed by atoms with Crippen molar-refractivity contribution in [1.82, 2.24) is 0 Å². The molecule has 26 heavy (non-hydrogen) atoms. The quantitative estimate of drug-likeness (QED) is 0.531. The Morgan fingerprint density at radius 3 is 2.19 bits per heavy atom. The van der Waals surface area contributed by atoms with Crippen LogP contribution in [-0.4, -0.2) is 37.9 Å². The third kappa shape index (κ3) is 2.12. The van der Waals surface area contributed by atoms with Crippen LogP contribution in [0, 0.1) is 0 Å². The minimum Gasteiger partial charge on any atom is -0.378 e. The summed E-state index contributed by atoms with van der Waals surface area (Å²) in [5.74, 6) is -0.141. The van der Waals surface area contributed by atoms with Gasteiger partial charge in [-0.25, -0.2) is 0 Å². The maximum atomic E-state index is 13.4. The number of fused-ring (bicyclic) bond motifs is 3. The van der Waals surface area contributed by atoms with Crippen LogP contribution in [0.25, 0.3) is 10.8 Å². The summed E-state index contributed by atoms with van der Waals surface area (Å²) in [7, 11) is 0. The number of carbonyl (C=O) groups excluding carboxylic acids is 2. The molecule has 3 aromatic carbocycles. The molecule has 1 aliphatic carbocycles. The molecule has 3 aromatic rings. The van der Waals surface area contributed by atoms with E-state index in [-0.39, 0.29) is 11.6 Å². The van der Waals surface area contributed by atoms with Crippen LogP contribution < -0.4 is 4.90 Å². The van der Waals surface area contributed by atoms with E-state index in [1.807, 2.05) is 36.4 Å². The standard InChI is InChI=1S/C22H17NO3/c24-21-16-7-3-4-8-17(16)22(25)19-18(21)13-14-5-1-2-6-15(14)20(19)23-9-11-26-12-10-23/h1-8,13H,9-12H2. The number of ether oxygens (including phenoxy) is 1. The van der Waals surface area contributed by atoms with Gasteiger partial charge in [0.1, 0.15) is 0 Å². The van der Waals surface area contributed by atoms with Gasteiger partial charge in [-0.1, -0.05) is 48.5 Å². The van der Waals surface area contributed by atoms with Crippen LogP contribution in [0.1, 0.15) is 31.8 Å². The topological polar surface area (TPSA) is 46.6 Å². The summed E-state index contributed by atoms with van der Waals surface area (Å²) < 4.78 is 5.49. The fourth-order valence-electron chi connectivity index (χ4n) is 4.01. The first kappa shape index (κ1) is 15.3. The van der Waals surface area contributed by atoms with Crippen molar-refractivity contribution in [3.8, 4) is 0 Å². The molecule has 0 aromatic heterocycles. The van der Waals surface area contributed by atoms with Crippen molar-refractivity contribution in [3.63, 3.8) is 0 Å². The summed E-state index contributed by atoms with van der Waals surface area (Å²) in [4.78, 5) is 28.7. The molecule has 0 atom stereocenters. The van der Waals surface area contributed by atoms with Crippen LogP contribution >= 0.6 is 0 Å². The van der Waals surface area contributed by atoms with Gasteiger partial charge in [-0.15, -0.1) is 0 Å². The van der Waals surface area contributed by atoms with Gasteiger partial charge in [0.2, 0.25) is 0 Å². The second-order valence-corrected chi connectivity index (χ2v) is 6.67. The van der Waals surface area contributed by atoms with Gasteiger partial charge in [0, 0.05) is 35.2 Å². The molecule has 0 unspecified atom stereocenters. The lowest BCUT2D eigenvalue weighted by molar-refractivity contribution is 0.0978. The second kappa shape index (κ2) is 5.78. The Morgan fingerprint density at radius 1 is 0.769 bits per heavy atom. The largest absolute Gasteiger partial charge is 0.378 e. The summed E-state index contributed by atoms with van der Waals surface area (Å²) in [5.41, 5.74) is 2.90. The van der Waals surface area contributed by atoms with E-state index >= 15 is 0 Å². The highest BCUT2D eigenvalue weighted by molar-refractivity contribution is 6.32. The molecule has 0 saturated carbocycles. The maximum absolute atomic E-state index is 13.4. The van der Waals surface area contributed by atoms with Crippen LogP contribution in [0.5, 0.6) is 0 Å². The Bertz CT molecular complexity index is 1060. The van der Waals surface area contributed by atoms with Crippen LogP contribution in [0.15, 0.2) is 54.6 Å². The van der Waals surface area contributed by atoms with Gasteiger partial charge in [-0.3, -0.25) is 9.59 Å². The Kier molecular flexibility index (Phi) is 3.40. The number of ketones is 2. The lowest BCUT2D eigenvalue weighted by Crippen LogP contribution is -2.38. The van der Waals surface area contributed by atoms with E-state index in [2.05, 4.69) is 4.90 Å². The van der Waals surface area contributed by atoms with Gasteiger partial charge < -0.3 is 9.64 Å². The van der Waals surface area contributed by atoms with Gasteiger partial charge in [-0.05, 0) is 11.5 Å². The summed E-state index contributed by atoms with van der Waals surface area (Å²) in [6, 6.07) is 16.9. The van der Waals surface area contributed by atoms with Crippen LogP contribution in [0.4, 0.5) is 5.69 Å². The van der Waals surface area contributed by atoms with Gasteiger partial charge in [0.05, 0.1) is 24.5 Å². The predicted molar refractivity (Wildman–Crippen MR) is 100 cm³/mol. The molecule has 0 spiro atoms. The highest BCUT2D eigenvalue weighted by Gasteiger charge is 2.34. The number of carbonyl (C=O) groups is 2. The molecule has 1 fully saturated rings. The van der Waals surface area contributed by atoms with E-state index in [9.17, 15) is 9.59 Å². The predicted octanol–water partition coefficient (Wildman–Crippen LogP) is 3.45. The normalized spacial score (nSPS) is 16.5. The molecule has 1 heterocycles. The molecule has 128 valence electrons. The van der Waals surface area contributed by atoms with Crippen LogP contribution in [0.3, 0.4) is 0 Å². The Morgan fingerprint density at radius 2 is 1.42 bits per heavy atom. The van der Waals surface area contributed by atoms with Crippen molar-refractivity contribution in [2.45, 2.75) is 0 Å². The van der Waals surface area contributed by atoms with Gasteiger partial charge >= 0.3 is 0 Å². The fourth-order valence-corrected chi connectivity index (χ4v) is 4.01.